The first-order chi connectivity index (χ1) is 18.5. The highest BCUT2D eigenvalue weighted by Crippen LogP contribution is 2.38. The van der Waals surface area contributed by atoms with Crippen molar-refractivity contribution in [1.82, 2.24) is 34.7 Å². The van der Waals surface area contributed by atoms with Crippen LogP contribution < -0.4 is 5.69 Å². The highest BCUT2D eigenvalue weighted by atomic mass is 16.4. The number of hydrogen-bond acceptors (Lipinski definition) is 6. The quantitative estimate of drug-likeness (QED) is 0.339. The molecule has 4 aromatic rings. The average Bonchev–Trinajstić information content (AvgIpc) is 3.57. The number of rotatable bonds is 9. The van der Waals surface area contributed by atoms with Crippen LogP contribution in [0.5, 0.6) is 0 Å². The summed E-state index contributed by atoms with van der Waals surface area (Å²) in [7, 11) is 0. The molecule has 5 rings (SSSR count). The summed E-state index contributed by atoms with van der Waals surface area (Å²) in [5.41, 5.74) is 4.35. The number of H-pyrrole nitrogens is 1. The van der Waals surface area contributed by atoms with Gasteiger partial charge in [0.2, 0.25) is 0 Å². The monoisotopic (exact) mass is 515 g/mol. The van der Waals surface area contributed by atoms with Gasteiger partial charge in [0.15, 0.2) is 5.82 Å². The number of aryl methyl sites for hydroxylation is 1. The summed E-state index contributed by atoms with van der Waals surface area (Å²) in [5.74, 6) is -0.734. The van der Waals surface area contributed by atoms with Crippen molar-refractivity contribution in [2.75, 3.05) is 0 Å². The number of tetrazole rings is 1. The van der Waals surface area contributed by atoms with E-state index in [4.69, 9.17) is 0 Å². The van der Waals surface area contributed by atoms with Crippen LogP contribution in [0, 0.1) is 11.8 Å². The van der Waals surface area contributed by atoms with Crippen molar-refractivity contribution >= 4 is 5.97 Å². The third-order valence-electron chi connectivity index (χ3n) is 7.73. The predicted octanol–water partition coefficient (Wildman–Crippen LogP) is 4.34. The second-order valence-corrected chi connectivity index (χ2v) is 10.2. The van der Waals surface area contributed by atoms with Crippen LogP contribution in [-0.4, -0.2) is 45.8 Å². The molecule has 10 nitrogen and oxygen atoms in total. The molecule has 3 unspecified atom stereocenters. The Morgan fingerprint density at radius 3 is 2.71 bits per heavy atom. The van der Waals surface area contributed by atoms with Gasteiger partial charge in [-0.3, -0.25) is 18.9 Å². The van der Waals surface area contributed by atoms with Crippen molar-refractivity contribution in [2.24, 2.45) is 11.8 Å². The number of unbranched alkanes of at least 4 members (excludes halogenated alkanes) is 1. The second-order valence-electron chi connectivity index (χ2n) is 10.2. The lowest BCUT2D eigenvalue weighted by molar-refractivity contribution is -0.145. The van der Waals surface area contributed by atoms with Gasteiger partial charge in [-0.25, -0.2) is 9.89 Å². The predicted molar refractivity (Wildman–Crippen MR) is 142 cm³/mol. The molecule has 3 heterocycles. The van der Waals surface area contributed by atoms with Crippen molar-refractivity contribution in [2.45, 2.75) is 65.0 Å². The normalized spacial score (nSPS) is 19.5. The first-order valence-corrected chi connectivity index (χ1v) is 13.3. The maximum absolute atomic E-state index is 14.0. The second kappa shape index (κ2) is 11.1. The molecule has 0 radical (unpaired) electrons. The fraction of sp³-hybridized carbons (Fsp3) is 0.429. The number of carbonyl (C=O) groups is 1. The van der Waals surface area contributed by atoms with Crippen LogP contribution in [-0.2, 0) is 17.8 Å². The summed E-state index contributed by atoms with van der Waals surface area (Å²) in [4.78, 5) is 30.5. The number of aromatic nitrogens is 7. The van der Waals surface area contributed by atoms with E-state index in [0.717, 1.165) is 60.1 Å². The van der Waals surface area contributed by atoms with Gasteiger partial charge < -0.3 is 5.11 Å². The van der Waals surface area contributed by atoms with E-state index < -0.39 is 11.9 Å². The van der Waals surface area contributed by atoms with Crippen LogP contribution in [0.1, 0.15) is 63.3 Å². The molecule has 3 atom stereocenters. The summed E-state index contributed by atoms with van der Waals surface area (Å²) < 4.78 is 3.51. The molecule has 0 spiro atoms. The van der Waals surface area contributed by atoms with E-state index in [1.807, 2.05) is 36.5 Å². The van der Waals surface area contributed by atoms with Crippen LogP contribution in [0.15, 0.2) is 53.7 Å². The zero-order valence-corrected chi connectivity index (χ0v) is 21.7. The van der Waals surface area contributed by atoms with Gasteiger partial charge >= 0.3 is 11.7 Å². The Morgan fingerprint density at radius 1 is 1.16 bits per heavy atom. The Labute approximate surface area is 220 Å². The number of pyridine rings is 1. The molecular formula is C28H33N7O3. The summed E-state index contributed by atoms with van der Waals surface area (Å²) in [6.07, 6.45) is 10.5. The fourth-order valence-corrected chi connectivity index (χ4v) is 5.81. The first-order valence-electron chi connectivity index (χ1n) is 13.3. The molecule has 1 aliphatic carbocycles. The van der Waals surface area contributed by atoms with Crippen molar-refractivity contribution < 1.29 is 9.90 Å². The number of aromatic amines is 1. The summed E-state index contributed by atoms with van der Waals surface area (Å²) in [6.45, 7) is 4.51. The Balaban J connectivity index is 1.59. The van der Waals surface area contributed by atoms with Gasteiger partial charge in [-0.2, -0.15) is 0 Å². The van der Waals surface area contributed by atoms with E-state index in [1.54, 1.807) is 21.5 Å². The van der Waals surface area contributed by atoms with Gasteiger partial charge in [-0.1, -0.05) is 51.0 Å². The van der Waals surface area contributed by atoms with E-state index in [1.165, 1.54) is 0 Å². The maximum atomic E-state index is 14.0. The van der Waals surface area contributed by atoms with E-state index in [2.05, 4.69) is 39.5 Å². The van der Waals surface area contributed by atoms with Crippen LogP contribution in [0.4, 0.5) is 0 Å². The minimum atomic E-state index is -0.829. The molecule has 3 aromatic heterocycles. The summed E-state index contributed by atoms with van der Waals surface area (Å²) in [6, 6.07) is 9.43. The minimum Gasteiger partial charge on any atom is -0.481 e. The molecule has 2 N–H and O–H groups in total. The highest BCUT2D eigenvalue weighted by molar-refractivity contribution is 5.81. The molecule has 0 bridgehead atoms. The van der Waals surface area contributed by atoms with Gasteiger partial charge in [0, 0.05) is 29.8 Å². The molecule has 0 aliphatic heterocycles. The average molecular weight is 516 g/mol. The SMILES string of the molecule is CCCCc1cn(C2C(C)CCCC2C(=O)O)c(=O)n1Cc1cnccc1-c1ccccc1-c1nnn[nH]1. The van der Waals surface area contributed by atoms with E-state index >= 15 is 0 Å². The van der Waals surface area contributed by atoms with Crippen molar-refractivity contribution in [3.05, 3.63) is 70.7 Å². The maximum Gasteiger partial charge on any atom is 0.328 e. The smallest absolute Gasteiger partial charge is 0.328 e. The number of carboxylic acid groups (broad SMARTS) is 1. The molecule has 1 saturated carbocycles. The molecule has 1 aromatic carbocycles. The first kappa shape index (κ1) is 25.6. The lowest BCUT2D eigenvalue weighted by Crippen LogP contribution is -2.39. The van der Waals surface area contributed by atoms with Crippen LogP contribution in [0.25, 0.3) is 22.5 Å². The topological polar surface area (TPSA) is 132 Å². The molecule has 38 heavy (non-hydrogen) atoms. The van der Waals surface area contributed by atoms with Crippen molar-refractivity contribution in [3.63, 3.8) is 0 Å². The molecule has 1 fully saturated rings. The van der Waals surface area contributed by atoms with Crippen LogP contribution >= 0.6 is 0 Å². The fourth-order valence-electron chi connectivity index (χ4n) is 5.81. The third kappa shape index (κ3) is 4.90. The summed E-state index contributed by atoms with van der Waals surface area (Å²) >= 11 is 0. The zero-order valence-electron chi connectivity index (χ0n) is 21.7. The lowest BCUT2D eigenvalue weighted by Gasteiger charge is -2.34. The lowest BCUT2D eigenvalue weighted by atomic mass is 9.77. The molecule has 10 heteroatoms. The van der Waals surface area contributed by atoms with E-state index in [9.17, 15) is 14.7 Å². The zero-order chi connectivity index (χ0) is 26.6. The largest absolute Gasteiger partial charge is 0.481 e. The van der Waals surface area contributed by atoms with Gasteiger partial charge in [0.1, 0.15) is 0 Å². The Hall–Kier alpha value is -4.08. The minimum absolute atomic E-state index is 0.105. The van der Waals surface area contributed by atoms with E-state index in [0.29, 0.717) is 18.8 Å². The summed E-state index contributed by atoms with van der Waals surface area (Å²) in [5, 5.41) is 24.3. The molecule has 198 valence electrons. The number of carboxylic acids is 1. The molecule has 0 amide bonds. The molecular weight excluding hydrogens is 482 g/mol. The number of benzene rings is 1. The number of hydrogen-bond donors (Lipinski definition) is 2. The number of nitrogens with zero attached hydrogens (tertiary/aromatic N) is 6. The van der Waals surface area contributed by atoms with Crippen molar-refractivity contribution in [3.8, 4) is 22.5 Å². The Morgan fingerprint density at radius 2 is 1.97 bits per heavy atom. The van der Waals surface area contributed by atoms with Crippen molar-refractivity contribution in [1.29, 1.82) is 0 Å². The standard InChI is InChI=1S/C28H33N7O3/c1-3-4-9-20-17-35(25-18(2)8-7-12-24(25)27(36)37)28(38)34(20)16-19-15-29-14-13-21(19)22-10-5-6-11-23(22)26-30-32-33-31-26/h5-6,10-11,13-15,17-18,24-25H,3-4,7-9,12,16H2,1-2H3,(H,36,37)(H,30,31,32,33). The molecule has 0 saturated heterocycles. The number of aliphatic carboxylic acids is 1. The van der Waals surface area contributed by atoms with Gasteiger partial charge in [-0.05, 0) is 64.8 Å². The van der Waals surface area contributed by atoms with E-state index in [-0.39, 0.29) is 17.6 Å². The third-order valence-corrected chi connectivity index (χ3v) is 7.73. The van der Waals surface area contributed by atoms with Gasteiger partial charge in [-0.15, -0.1) is 5.10 Å². The van der Waals surface area contributed by atoms with Gasteiger partial charge in [0.25, 0.3) is 0 Å². The van der Waals surface area contributed by atoms with Gasteiger partial charge in [0.05, 0.1) is 18.5 Å². The number of imidazole rings is 1. The number of nitrogens with one attached hydrogen (secondary N) is 1. The molecule has 1 aliphatic rings. The van der Waals surface area contributed by atoms with Crippen LogP contribution in [0.2, 0.25) is 0 Å². The Bertz CT molecular complexity index is 1460. The van der Waals surface area contributed by atoms with Crippen LogP contribution in [0.3, 0.4) is 0 Å². The Kier molecular flexibility index (Phi) is 7.48. The highest BCUT2D eigenvalue weighted by Gasteiger charge is 2.38.